The van der Waals surface area contributed by atoms with Crippen molar-refractivity contribution in [2.75, 3.05) is 7.11 Å². The summed E-state index contributed by atoms with van der Waals surface area (Å²) in [5.74, 6) is -5.60. The minimum atomic E-state index is -1.45. The van der Waals surface area contributed by atoms with Crippen molar-refractivity contribution in [3.63, 3.8) is 0 Å². The van der Waals surface area contributed by atoms with E-state index < -0.39 is 87.8 Å². The van der Waals surface area contributed by atoms with Gasteiger partial charge in [-0.2, -0.15) is 0 Å². The summed E-state index contributed by atoms with van der Waals surface area (Å²) in [6, 6.07) is 1.79. The summed E-state index contributed by atoms with van der Waals surface area (Å²) in [6.07, 6.45) is 0.720. The number of ether oxygens (including phenoxy) is 5. The van der Waals surface area contributed by atoms with Crippen molar-refractivity contribution < 1.29 is 52.1 Å². The minimum absolute atomic E-state index is 0.0870. The molecule has 11 nitrogen and oxygen atoms in total. The van der Waals surface area contributed by atoms with Crippen molar-refractivity contribution in [1.29, 1.82) is 0 Å². The minimum Gasteiger partial charge on any atom is -0.472 e. The number of furan rings is 1. The zero-order valence-electron chi connectivity index (χ0n) is 26.5. The van der Waals surface area contributed by atoms with Crippen LogP contribution in [0.15, 0.2) is 23.0 Å². The second-order valence-corrected chi connectivity index (χ2v) is 14.7. The topological polar surface area (TPSA) is 148 Å². The normalized spacial score (nSPS) is 42.2. The molecule has 240 valence electrons. The van der Waals surface area contributed by atoms with E-state index in [0.717, 1.165) is 5.56 Å². The van der Waals surface area contributed by atoms with E-state index in [-0.39, 0.29) is 24.1 Å². The van der Waals surface area contributed by atoms with Gasteiger partial charge >= 0.3 is 23.9 Å². The molecule has 5 fully saturated rings. The number of ketones is 1. The molecule has 2 saturated heterocycles. The predicted octanol–water partition coefficient (Wildman–Crippen LogP) is 3.97. The molecule has 3 saturated carbocycles. The molecule has 0 aromatic carbocycles. The highest BCUT2D eigenvalue weighted by Gasteiger charge is 2.87. The molecule has 0 radical (unpaired) electrons. The maximum absolute atomic E-state index is 14.9. The zero-order valence-corrected chi connectivity index (χ0v) is 26.5. The lowest BCUT2D eigenvalue weighted by Gasteiger charge is -2.65. The number of cyclic esters (lactones) is 1. The van der Waals surface area contributed by atoms with Crippen LogP contribution in [0.3, 0.4) is 0 Å². The van der Waals surface area contributed by atoms with Gasteiger partial charge in [-0.25, -0.2) is 4.79 Å². The van der Waals surface area contributed by atoms with Crippen molar-refractivity contribution in [3.05, 3.63) is 24.2 Å². The molecule has 11 unspecified atom stereocenters. The summed E-state index contributed by atoms with van der Waals surface area (Å²) in [6.45, 7) is 12.2. The number of rotatable bonds is 6. The summed E-state index contributed by atoms with van der Waals surface area (Å²) in [5, 5.41) is 0. The molecule has 6 rings (SSSR count). The first-order valence-corrected chi connectivity index (χ1v) is 15.5. The molecule has 1 spiro atoms. The van der Waals surface area contributed by atoms with Crippen molar-refractivity contribution in [2.45, 2.75) is 97.7 Å². The second-order valence-electron chi connectivity index (χ2n) is 14.7. The van der Waals surface area contributed by atoms with Crippen molar-refractivity contribution >= 4 is 29.7 Å². The van der Waals surface area contributed by atoms with Crippen LogP contribution in [0.4, 0.5) is 0 Å². The van der Waals surface area contributed by atoms with E-state index in [1.165, 1.54) is 14.0 Å². The fourth-order valence-corrected chi connectivity index (χ4v) is 10.0. The second kappa shape index (κ2) is 9.89. The number of methoxy groups -OCH3 is 1. The molecule has 1 aromatic rings. The molecule has 2 bridgehead atoms. The maximum atomic E-state index is 14.9. The Labute approximate surface area is 256 Å². The first kappa shape index (κ1) is 30.8. The Balaban J connectivity index is 1.54. The molecular formula is C33H42O11. The van der Waals surface area contributed by atoms with Crippen LogP contribution in [0.5, 0.6) is 0 Å². The Hall–Kier alpha value is -3.21. The smallest absolute Gasteiger partial charge is 0.347 e. The standard InChI is InChI=1S/C33H42O11/c1-15(2)28(37)43-26-21-24(36)32(7,23(30(26,4)5)22(29(38)39-8)41-16(3)34)18-9-11-31(6)19(33(18)27(21)44-33)13-20(35)42-25(31)17-10-12-40-14-17/h10,12,14-15,18-19,21-23,25-27H,9,11,13H2,1-8H3. The van der Waals surface area contributed by atoms with Crippen molar-refractivity contribution in [1.82, 2.24) is 0 Å². The van der Waals surface area contributed by atoms with E-state index in [1.54, 1.807) is 32.4 Å². The predicted molar refractivity (Wildman–Crippen MR) is 150 cm³/mol. The summed E-state index contributed by atoms with van der Waals surface area (Å²) >= 11 is 0. The highest BCUT2D eigenvalue weighted by molar-refractivity contribution is 5.94. The average Bonchev–Trinajstić information content (AvgIpc) is 3.40. The van der Waals surface area contributed by atoms with E-state index in [9.17, 15) is 24.0 Å². The fraction of sp³-hybridized carbons (Fsp3) is 0.727. The molecule has 5 aliphatic rings. The molecule has 0 amide bonds. The largest absolute Gasteiger partial charge is 0.472 e. The van der Waals surface area contributed by atoms with Crippen LogP contribution in [0, 0.1) is 45.8 Å². The zero-order chi connectivity index (χ0) is 32.1. The Morgan fingerprint density at radius 2 is 1.75 bits per heavy atom. The number of epoxide rings is 1. The molecule has 1 aromatic heterocycles. The third-order valence-corrected chi connectivity index (χ3v) is 11.8. The van der Waals surface area contributed by atoms with Gasteiger partial charge in [0.1, 0.15) is 29.7 Å². The van der Waals surface area contributed by atoms with Gasteiger partial charge in [0, 0.05) is 46.5 Å². The van der Waals surface area contributed by atoms with Crippen LogP contribution in [0.1, 0.15) is 79.4 Å². The van der Waals surface area contributed by atoms with Crippen LogP contribution in [-0.2, 0) is 47.7 Å². The highest BCUT2D eigenvalue weighted by Crippen LogP contribution is 2.77. The molecule has 3 heterocycles. The first-order valence-electron chi connectivity index (χ1n) is 15.5. The van der Waals surface area contributed by atoms with Gasteiger partial charge in [0.05, 0.1) is 37.9 Å². The number of hydrogen-bond donors (Lipinski definition) is 0. The lowest BCUT2D eigenvalue weighted by molar-refractivity contribution is -0.235. The molecule has 0 N–H and O–H groups in total. The number of esters is 4. The SMILES string of the molecule is COC(=O)C(OC(C)=O)C1C(C)(C)C(OC(=O)C(C)C)C2C(=O)C1(C)C1CCC3(C)C(c4ccoc4)OC(=O)CC3C13OC23. The van der Waals surface area contributed by atoms with Gasteiger partial charge in [0.2, 0.25) is 6.10 Å². The van der Waals surface area contributed by atoms with Crippen LogP contribution < -0.4 is 0 Å². The van der Waals surface area contributed by atoms with E-state index in [1.807, 2.05) is 20.8 Å². The third-order valence-electron chi connectivity index (χ3n) is 11.8. The Kier molecular flexibility index (Phi) is 6.93. The number of carbonyl (C=O) groups is 5. The maximum Gasteiger partial charge on any atom is 0.347 e. The number of fused-ring (bicyclic) bond motifs is 5. The van der Waals surface area contributed by atoms with Crippen LogP contribution in [0.2, 0.25) is 0 Å². The third kappa shape index (κ3) is 3.93. The average molecular weight is 615 g/mol. The van der Waals surface area contributed by atoms with E-state index in [0.29, 0.717) is 12.8 Å². The van der Waals surface area contributed by atoms with E-state index in [4.69, 9.17) is 28.1 Å². The van der Waals surface area contributed by atoms with Gasteiger partial charge in [0.15, 0.2) is 0 Å². The van der Waals surface area contributed by atoms with Gasteiger partial charge in [-0.15, -0.1) is 0 Å². The Bertz CT molecular complexity index is 1400. The van der Waals surface area contributed by atoms with Crippen LogP contribution in [0.25, 0.3) is 0 Å². The summed E-state index contributed by atoms with van der Waals surface area (Å²) < 4.78 is 35.1. The quantitative estimate of drug-likeness (QED) is 0.260. The van der Waals surface area contributed by atoms with Gasteiger partial charge < -0.3 is 28.1 Å². The fourth-order valence-electron chi connectivity index (χ4n) is 10.0. The number of Topliss-reactive ketones (excluding diaryl/α,β-unsaturated/α-hetero) is 1. The molecule has 11 atom stereocenters. The Morgan fingerprint density at radius 1 is 1.05 bits per heavy atom. The summed E-state index contributed by atoms with van der Waals surface area (Å²) in [7, 11) is 1.20. The molecular weight excluding hydrogens is 572 g/mol. The van der Waals surface area contributed by atoms with Crippen LogP contribution >= 0.6 is 0 Å². The van der Waals surface area contributed by atoms with Crippen molar-refractivity contribution in [2.24, 2.45) is 45.8 Å². The molecule has 11 heteroatoms. The van der Waals surface area contributed by atoms with Gasteiger partial charge in [-0.3, -0.25) is 19.2 Å². The van der Waals surface area contributed by atoms with Gasteiger partial charge in [-0.1, -0.05) is 41.5 Å². The number of carbonyl (C=O) groups excluding carboxylic acids is 5. The molecule has 3 aliphatic carbocycles. The number of hydrogen-bond acceptors (Lipinski definition) is 11. The lowest BCUT2D eigenvalue weighted by atomic mass is 9.37. The lowest BCUT2D eigenvalue weighted by Crippen LogP contribution is -2.74. The first-order chi connectivity index (χ1) is 20.6. The van der Waals surface area contributed by atoms with Gasteiger partial charge in [0.25, 0.3) is 0 Å². The Morgan fingerprint density at radius 3 is 2.34 bits per heavy atom. The highest BCUT2D eigenvalue weighted by atomic mass is 16.6. The molecule has 44 heavy (non-hydrogen) atoms. The van der Waals surface area contributed by atoms with Gasteiger partial charge in [-0.05, 0) is 18.9 Å². The van der Waals surface area contributed by atoms with Crippen LogP contribution in [-0.4, -0.2) is 60.7 Å². The molecule has 2 aliphatic heterocycles. The van der Waals surface area contributed by atoms with E-state index in [2.05, 4.69) is 6.92 Å². The van der Waals surface area contributed by atoms with Crippen molar-refractivity contribution in [3.8, 4) is 0 Å². The summed E-state index contributed by atoms with van der Waals surface area (Å²) in [5.41, 5.74) is -3.03. The summed E-state index contributed by atoms with van der Waals surface area (Å²) in [4.78, 5) is 67.1. The van der Waals surface area contributed by atoms with E-state index >= 15 is 0 Å². The monoisotopic (exact) mass is 614 g/mol.